The number of rotatable bonds is 7. The van der Waals surface area contributed by atoms with Crippen molar-refractivity contribution in [3.05, 3.63) is 40.1 Å². The topological polar surface area (TPSA) is 55.6 Å². The van der Waals surface area contributed by atoms with Crippen molar-refractivity contribution in [1.29, 1.82) is 0 Å². The third kappa shape index (κ3) is 3.89. The molecule has 0 aromatic carbocycles. The zero-order valence-corrected chi connectivity index (χ0v) is 14.4. The fraction of sp³-hybridized carbons (Fsp3) is 0.533. The van der Waals surface area contributed by atoms with Crippen molar-refractivity contribution in [2.75, 3.05) is 6.54 Å². The molecule has 6 heteroatoms. The van der Waals surface area contributed by atoms with Gasteiger partial charge in [0.25, 0.3) is 0 Å². The number of aromatic nitrogens is 4. The Morgan fingerprint density at radius 3 is 2.52 bits per heavy atom. The van der Waals surface area contributed by atoms with E-state index in [-0.39, 0.29) is 6.04 Å². The predicted molar refractivity (Wildman–Crippen MR) is 87.1 cm³/mol. The van der Waals surface area contributed by atoms with Crippen molar-refractivity contribution in [2.45, 2.75) is 46.2 Å². The second-order valence-corrected chi connectivity index (χ2v) is 5.96. The minimum absolute atomic E-state index is 0.0472. The maximum absolute atomic E-state index is 4.49. The number of hydrogen-bond acceptors (Lipinski definition) is 4. The van der Waals surface area contributed by atoms with Crippen molar-refractivity contribution in [2.24, 2.45) is 0 Å². The number of hydrogen-bond donors (Lipinski definition) is 1. The van der Waals surface area contributed by atoms with Gasteiger partial charge < -0.3 is 5.32 Å². The van der Waals surface area contributed by atoms with Gasteiger partial charge in [-0.3, -0.25) is 4.68 Å². The minimum Gasteiger partial charge on any atom is -0.302 e. The molecular weight excluding hydrogens is 330 g/mol. The van der Waals surface area contributed by atoms with E-state index in [0.717, 1.165) is 47.5 Å². The van der Waals surface area contributed by atoms with E-state index >= 15 is 0 Å². The van der Waals surface area contributed by atoms with Crippen LogP contribution in [0.5, 0.6) is 0 Å². The Balaban J connectivity index is 2.40. The van der Waals surface area contributed by atoms with E-state index in [2.05, 4.69) is 50.2 Å². The summed E-state index contributed by atoms with van der Waals surface area (Å²) in [5.41, 5.74) is 2.16. The summed E-state index contributed by atoms with van der Waals surface area (Å²) >= 11 is 3.61. The molecule has 0 aliphatic rings. The van der Waals surface area contributed by atoms with Gasteiger partial charge in [0, 0.05) is 18.9 Å². The van der Waals surface area contributed by atoms with Crippen LogP contribution in [0.2, 0.25) is 0 Å². The molecule has 1 unspecified atom stereocenters. The highest BCUT2D eigenvalue weighted by Crippen LogP contribution is 2.27. The minimum atomic E-state index is -0.0472. The van der Waals surface area contributed by atoms with Gasteiger partial charge in [0.2, 0.25) is 0 Å². The van der Waals surface area contributed by atoms with Crippen molar-refractivity contribution < 1.29 is 0 Å². The Hall–Kier alpha value is -1.27. The second-order valence-electron chi connectivity index (χ2n) is 5.11. The molecule has 2 aromatic rings. The van der Waals surface area contributed by atoms with Crippen molar-refractivity contribution in [1.82, 2.24) is 25.1 Å². The van der Waals surface area contributed by atoms with Crippen LogP contribution in [-0.2, 0) is 6.54 Å². The van der Waals surface area contributed by atoms with Gasteiger partial charge in [-0.25, -0.2) is 9.97 Å². The highest BCUT2D eigenvalue weighted by atomic mass is 79.9. The Kier molecular flexibility index (Phi) is 5.87. The molecule has 0 spiro atoms. The molecule has 0 saturated heterocycles. The van der Waals surface area contributed by atoms with Gasteiger partial charge in [0.1, 0.15) is 6.04 Å². The van der Waals surface area contributed by atoms with E-state index in [1.165, 1.54) is 0 Å². The van der Waals surface area contributed by atoms with Crippen LogP contribution in [-0.4, -0.2) is 26.3 Å². The molecular formula is C15H22BrN5. The van der Waals surface area contributed by atoms with Gasteiger partial charge in [-0.1, -0.05) is 13.8 Å². The lowest BCUT2D eigenvalue weighted by atomic mass is 10.1. The normalized spacial score (nSPS) is 12.6. The fourth-order valence-electron chi connectivity index (χ4n) is 2.20. The molecule has 1 N–H and O–H groups in total. The molecule has 21 heavy (non-hydrogen) atoms. The molecule has 5 nitrogen and oxygen atoms in total. The molecule has 2 aromatic heterocycles. The Labute approximate surface area is 134 Å². The van der Waals surface area contributed by atoms with E-state index in [9.17, 15) is 0 Å². The molecule has 0 radical (unpaired) electrons. The molecule has 0 aliphatic carbocycles. The monoisotopic (exact) mass is 351 g/mol. The first-order chi connectivity index (χ1) is 10.2. The first-order valence-electron chi connectivity index (χ1n) is 7.40. The lowest BCUT2D eigenvalue weighted by molar-refractivity contribution is 0.496. The molecule has 0 fully saturated rings. The first kappa shape index (κ1) is 16.1. The molecule has 1 atom stereocenters. The van der Waals surface area contributed by atoms with Gasteiger partial charge in [-0.05, 0) is 47.8 Å². The van der Waals surface area contributed by atoms with Crippen LogP contribution < -0.4 is 5.32 Å². The zero-order valence-electron chi connectivity index (χ0n) is 12.8. The van der Waals surface area contributed by atoms with E-state index < -0.39 is 0 Å². The molecule has 0 amide bonds. The second kappa shape index (κ2) is 7.66. The van der Waals surface area contributed by atoms with Crippen LogP contribution in [0.25, 0.3) is 0 Å². The smallest absolute Gasteiger partial charge is 0.151 e. The average molecular weight is 352 g/mol. The summed E-state index contributed by atoms with van der Waals surface area (Å²) in [6.45, 7) is 8.09. The first-order valence-corrected chi connectivity index (χ1v) is 8.19. The molecule has 0 saturated carbocycles. The largest absolute Gasteiger partial charge is 0.302 e. The Bertz CT molecular complexity index is 564. The van der Waals surface area contributed by atoms with Gasteiger partial charge in [0.15, 0.2) is 5.82 Å². The van der Waals surface area contributed by atoms with Gasteiger partial charge in [0.05, 0.1) is 16.4 Å². The summed E-state index contributed by atoms with van der Waals surface area (Å²) in [5, 5.41) is 7.98. The quantitative estimate of drug-likeness (QED) is 0.831. The Morgan fingerprint density at radius 1 is 1.19 bits per heavy atom. The maximum Gasteiger partial charge on any atom is 0.151 e. The summed E-state index contributed by atoms with van der Waals surface area (Å²) in [6, 6.07) is -0.0472. The third-order valence-corrected chi connectivity index (χ3v) is 3.81. The summed E-state index contributed by atoms with van der Waals surface area (Å²) in [7, 11) is 0. The Morgan fingerprint density at radius 2 is 1.90 bits per heavy atom. The van der Waals surface area contributed by atoms with Crippen molar-refractivity contribution in [3.8, 4) is 0 Å². The summed E-state index contributed by atoms with van der Waals surface area (Å²) in [6.07, 6.45) is 7.66. The van der Waals surface area contributed by atoms with E-state index in [4.69, 9.17) is 0 Å². The van der Waals surface area contributed by atoms with E-state index in [1.54, 1.807) is 0 Å². The highest BCUT2D eigenvalue weighted by molar-refractivity contribution is 9.10. The summed E-state index contributed by atoms with van der Waals surface area (Å²) < 4.78 is 3.02. The average Bonchev–Trinajstić information content (AvgIpc) is 2.83. The molecule has 2 heterocycles. The van der Waals surface area contributed by atoms with E-state index in [1.807, 2.05) is 30.2 Å². The lowest BCUT2D eigenvalue weighted by Gasteiger charge is -2.19. The summed E-state index contributed by atoms with van der Waals surface area (Å²) in [4.78, 5) is 8.99. The molecule has 0 bridgehead atoms. The van der Waals surface area contributed by atoms with Crippen molar-refractivity contribution >= 4 is 15.9 Å². The van der Waals surface area contributed by atoms with E-state index in [0.29, 0.717) is 0 Å². The number of nitrogens with one attached hydrogen (secondary N) is 1. The predicted octanol–water partition coefficient (Wildman–Crippen LogP) is 3.24. The van der Waals surface area contributed by atoms with Crippen LogP contribution in [0.4, 0.5) is 0 Å². The maximum atomic E-state index is 4.49. The van der Waals surface area contributed by atoms with Gasteiger partial charge in [-0.2, -0.15) is 5.10 Å². The van der Waals surface area contributed by atoms with Crippen molar-refractivity contribution in [3.63, 3.8) is 0 Å². The number of halogens is 1. The zero-order chi connectivity index (χ0) is 15.2. The van der Waals surface area contributed by atoms with Crippen LogP contribution in [0.15, 0.2) is 23.1 Å². The van der Waals surface area contributed by atoms with Crippen LogP contribution in [0.3, 0.4) is 0 Å². The van der Waals surface area contributed by atoms with Crippen LogP contribution in [0, 0.1) is 6.92 Å². The summed E-state index contributed by atoms with van der Waals surface area (Å²) in [5.74, 6) is 0.785. The molecule has 0 aliphatic heterocycles. The lowest BCUT2D eigenvalue weighted by Crippen LogP contribution is -2.28. The number of aryl methyl sites for hydroxylation is 2. The standard InChI is InChI=1S/C15H22BrN5/c1-4-6-17-13(15-18-8-11(3)9-19-15)14-12(16)10-20-21(14)7-5-2/h8-10,13,17H,4-7H2,1-3H3. The highest BCUT2D eigenvalue weighted by Gasteiger charge is 2.23. The number of nitrogens with zero attached hydrogens (tertiary/aromatic N) is 4. The SMILES string of the molecule is CCCNC(c1ncc(C)cn1)c1c(Br)cnn1CCC. The van der Waals surface area contributed by atoms with Crippen LogP contribution in [0.1, 0.15) is 49.8 Å². The van der Waals surface area contributed by atoms with Crippen LogP contribution >= 0.6 is 15.9 Å². The van der Waals surface area contributed by atoms with Gasteiger partial charge >= 0.3 is 0 Å². The fourth-order valence-corrected chi connectivity index (χ4v) is 2.72. The molecule has 114 valence electrons. The van der Waals surface area contributed by atoms with Gasteiger partial charge in [-0.15, -0.1) is 0 Å². The molecule has 2 rings (SSSR count). The third-order valence-electron chi connectivity index (χ3n) is 3.20.